The number of alkyl halides is 3. The lowest BCUT2D eigenvalue weighted by atomic mass is 10.0. The van der Waals surface area contributed by atoms with Gasteiger partial charge in [0.05, 0.1) is 43.4 Å². The molecule has 43 heavy (non-hydrogen) atoms. The molecule has 2 aromatic heterocycles. The van der Waals surface area contributed by atoms with E-state index in [1.165, 1.54) is 51.4 Å². The molecule has 0 radical (unpaired) electrons. The van der Waals surface area contributed by atoms with Crippen LogP contribution in [0, 0.1) is 11.3 Å². The molecular formula is C30H41F3N8O2. The average Bonchev–Trinajstić information content (AvgIpc) is 3.51. The third kappa shape index (κ3) is 8.34. The Hall–Kier alpha value is -3.92. The first-order valence-electron chi connectivity index (χ1n) is 14.6. The molecule has 234 valence electrons. The molecule has 2 fully saturated rings. The van der Waals surface area contributed by atoms with Crippen molar-refractivity contribution in [3.8, 4) is 12.1 Å². The van der Waals surface area contributed by atoms with E-state index in [4.69, 9.17) is 4.74 Å². The van der Waals surface area contributed by atoms with E-state index in [0.717, 1.165) is 11.6 Å². The molecule has 0 spiro atoms. The van der Waals surface area contributed by atoms with Gasteiger partial charge in [0.1, 0.15) is 11.6 Å². The summed E-state index contributed by atoms with van der Waals surface area (Å²) in [4.78, 5) is 32.7. The molecule has 3 aliphatic rings. The highest BCUT2D eigenvalue weighted by Gasteiger charge is 2.38. The highest BCUT2D eigenvalue weighted by molar-refractivity contribution is 5.87. The number of aromatic nitrogens is 3. The zero-order valence-corrected chi connectivity index (χ0v) is 25.4. The van der Waals surface area contributed by atoms with Crippen molar-refractivity contribution in [2.45, 2.75) is 58.3 Å². The van der Waals surface area contributed by atoms with Crippen LogP contribution in [0.15, 0.2) is 31.0 Å². The van der Waals surface area contributed by atoms with E-state index in [1.807, 2.05) is 18.7 Å². The van der Waals surface area contributed by atoms with Crippen molar-refractivity contribution in [2.75, 3.05) is 63.2 Å². The van der Waals surface area contributed by atoms with Crippen molar-refractivity contribution in [3.05, 3.63) is 47.8 Å². The normalized spacial score (nSPS) is 18.4. The van der Waals surface area contributed by atoms with Gasteiger partial charge in [0.15, 0.2) is 0 Å². The number of likely N-dealkylation sites (tertiary alicyclic amines) is 1. The number of hydrogen-bond donors (Lipinski definition) is 0. The molecule has 0 aliphatic carbocycles. The van der Waals surface area contributed by atoms with Gasteiger partial charge in [-0.3, -0.25) is 4.79 Å². The van der Waals surface area contributed by atoms with Crippen LogP contribution in [0.25, 0.3) is 0 Å². The van der Waals surface area contributed by atoms with Gasteiger partial charge in [-0.15, -0.1) is 0 Å². The number of halogens is 3. The molecule has 2 saturated heterocycles. The SMILES string of the molecule is C=CC(=O)N1CCN(c2nc(OC)nc3c2CCN(c2ncccc2C(F)(F)F)C3)CC1CC#N.CC.CN1CCCC1. The second-order valence-corrected chi connectivity index (χ2v) is 10.2. The number of amides is 1. The summed E-state index contributed by atoms with van der Waals surface area (Å²) in [5, 5.41) is 9.27. The molecule has 1 amide bonds. The number of fused-ring (bicyclic) bond motifs is 1. The molecule has 13 heteroatoms. The Kier molecular flexibility index (Phi) is 12.1. The summed E-state index contributed by atoms with van der Waals surface area (Å²) < 4.78 is 46.0. The summed E-state index contributed by atoms with van der Waals surface area (Å²) in [5.74, 6) is 0.228. The number of anilines is 2. The molecule has 2 aromatic rings. The van der Waals surface area contributed by atoms with Crippen LogP contribution in [0.2, 0.25) is 0 Å². The molecule has 0 bridgehead atoms. The molecule has 5 rings (SSSR count). The van der Waals surface area contributed by atoms with E-state index in [-0.39, 0.29) is 36.7 Å². The molecule has 1 atom stereocenters. The van der Waals surface area contributed by atoms with E-state index >= 15 is 0 Å². The molecule has 10 nitrogen and oxygen atoms in total. The van der Waals surface area contributed by atoms with Gasteiger partial charge in [-0.05, 0) is 57.6 Å². The quantitative estimate of drug-likeness (QED) is 0.463. The zero-order valence-electron chi connectivity index (χ0n) is 25.4. The maximum absolute atomic E-state index is 13.6. The van der Waals surface area contributed by atoms with Crippen LogP contribution in [-0.2, 0) is 23.9 Å². The van der Waals surface area contributed by atoms with Gasteiger partial charge in [-0.2, -0.15) is 28.4 Å². The maximum Gasteiger partial charge on any atom is 0.419 e. The van der Waals surface area contributed by atoms with Crippen LogP contribution in [0.3, 0.4) is 0 Å². The zero-order chi connectivity index (χ0) is 31.6. The first-order valence-corrected chi connectivity index (χ1v) is 14.6. The standard InChI is InChI=1S/C23H24F3N7O2.C5H11N.C2H6/c1-3-19(34)33-12-11-32(13-15(33)6-8-27)20-16-7-10-31(14-18(16)29-22(30-20)35-2)21-17(23(24,25)26)5-4-9-28-21;1-6-4-2-3-5-6;1-2/h3-5,9,15H,1,6-7,10-14H2,2H3;2-5H2,1H3;1-2H3. The predicted molar refractivity (Wildman–Crippen MR) is 159 cm³/mol. The Morgan fingerprint density at radius 1 is 1.14 bits per heavy atom. The lowest BCUT2D eigenvalue weighted by molar-refractivity contribution is -0.137. The van der Waals surface area contributed by atoms with Crippen LogP contribution in [0.5, 0.6) is 6.01 Å². The Bertz CT molecular complexity index is 1280. The second-order valence-electron chi connectivity index (χ2n) is 10.2. The maximum atomic E-state index is 13.6. The Morgan fingerprint density at radius 2 is 1.86 bits per heavy atom. The number of carbonyl (C=O) groups is 1. The van der Waals surface area contributed by atoms with Crippen LogP contribution in [0.1, 0.15) is 49.9 Å². The first-order chi connectivity index (χ1) is 20.7. The summed E-state index contributed by atoms with van der Waals surface area (Å²) in [5.41, 5.74) is 0.566. The van der Waals surface area contributed by atoms with Gasteiger partial charge in [0.25, 0.3) is 0 Å². The monoisotopic (exact) mass is 602 g/mol. The summed E-state index contributed by atoms with van der Waals surface area (Å²) >= 11 is 0. The fourth-order valence-electron chi connectivity index (χ4n) is 5.40. The highest BCUT2D eigenvalue weighted by Crippen LogP contribution is 2.38. The molecule has 0 N–H and O–H groups in total. The minimum absolute atomic E-state index is 0.0964. The molecular weight excluding hydrogens is 561 g/mol. The number of hydrogen-bond acceptors (Lipinski definition) is 9. The van der Waals surface area contributed by atoms with E-state index in [1.54, 1.807) is 9.80 Å². The third-order valence-corrected chi connectivity index (χ3v) is 7.49. The highest BCUT2D eigenvalue weighted by atomic mass is 19.4. The van der Waals surface area contributed by atoms with E-state index in [9.17, 15) is 23.2 Å². The lowest BCUT2D eigenvalue weighted by Crippen LogP contribution is -2.55. The van der Waals surface area contributed by atoms with E-state index < -0.39 is 11.7 Å². The van der Waals surface area contributed by atoms with Crippen molar-refractivity contribution >= 4 is 17.5 Å². The van der Waals surface area contributed by atoms with Crippen LogP contribution < -0.4 is 14.5 Å². The topological polar surface area (TPSA) is 102 Å². The van der Waals surface area contributed by atoms with Gasteiger partial charge in [0.2, 0.25) is 5.91 Å². The number of nitrogens with zero attached hydrogens (tertiary/aromatic N) is 8. The van der Waals surface area contributed by atoms with Gasteiger partial charge >= 0.3 is 12.2 Å². The summed E-state index contributed by atoms with van der Waals surface area (Å²) in [6.45, 7) is 11.8. The minimum Gasteiger partial charge on any atom is -0.467 e. The van der Waals surface area contributed by atoms with Gasteiger partial charge < -0.3 is 24.3 Å². The molecule has 1 unspecified atom stereocenters. The lowest BCUT2D eigenvalue weighted by Gasteiger charge is -2.42. The molecule has 3 aliphatic heterocycles. The van der Waals surface area contributed by atoms with E-state index in [0.29, 0.717) is 44.1 Å². The molecule has 0 saturated carbocycles. The third-order valence-electron chi connectivity index (χ3n) is 7.49. The largest absolute Gasteiger partial charge is 0.467 e. The number of nitriles is 1. The van der Waals surface area contributed by atoms with Gasteiger partial charge in [-0.25, -0.2) is 4.98 Å². The van der Waals surface area contributed by atoms with Crippen molar-refractivity contribution in [2.24, 2.45) is 0 Å². The minimum atomic E-state index is -4.53. The smallest absolute Gasteiger partial charge is 0.419 e. The predicted octanol–water partition coefficient (Wildman–Crippen LogP) is 4.32. The van der Waals surface area contributed by atoms with E-state index in [2.05, 4.69) is 39.5 Å². The van der Waals surface area contributed by atoms with Gasteiger partial charge in [-0.1, -0.05) is 20.4 Å². The van der Waals surface area contributed by atoms with Crippen LogP contribution >= 0.6 is 0 Å². The fourth-order valence-corrected chi connectivity index (χ4v) is 5.40. The Balaban J connectivity index is 0.000000555. The number of ether oxygens (including phenoxy) is 1. The van der Waals surface area contributed by atoms with Crippen LogP contribution in [-0.4, -0.2) is 90.1 Å². The summed E-state index contributed by atoms with van der Waals surface area (Å²) in [6, 6.07) is 4.16. The number of pyridine rings is 1. The first kappa shape index (κ1) is 33.6. The summed E-state index contributed by atoms with van der Waals surface area (Å²) in [6.07, 6.45) is 1.41. The van der Waals surface area contributed by atoms with Crippen molar-refractivity contribution in [1.82, 2.24) is 24.8 Å². The second kappa shape index (κ2) is 15.5. The number of rotatable bonds is 5. The number of piperazine rings is 1. The van der Waals surface area contributed by atoms with Crippen molar-refractivity contribution in [3.63, 3.8) is 0 Å². The Labute approximate surface area is 251 Å². The number of methoxy groups -OCH3 is 1. The average molecular weight is 603 g/mol. The summed E-state index contributed by atoms with van der Waals surface area (Å²) in [7, 11) is 3.60. The number of carbonyl (C=O) groups excluding carboxylic acids is 1. The van der Waals surface area contributed by atoms with Gasteiger partial charge in [0, 0.05) is 37.9 Å². The molecule has 5 heterocycles. The van der Waals surface area contributed by atoms with Crippen molar-refractivity contribution < 1.29 is 22.7 Å². The Morgan fingerprint density at radius 3 is 2.44 bits per heavy atom. The molecule has 0 aromatic carbocycles. The van der Waals surface area contributed by atoms with Crippen LogP contribution in [0.4, 0.5) is 24.8 Å². The fraction of sp³-hybridized carbons (Fsp3) is 0.567. The van der Waals surface area contributed by atoms with Crippen molar-refractivity contribution in [1.29, 1.82) is 5.26 Å².